The third kappa shape index (κ3) is 1.85. The number of carbonyl (C=O) groups excluding carboxylic acids is 1. The first-order valence-electron chi connectivity index (χ1n) is 5.83. The van der Waals surface area contributed by atoms with Crippen LogP contribution in [0.2, 0.25) is 0 Å². The van der Waals surface area contributed by atoms with Gasteiger partial charge in [0.1, 0.15) is 5.78 Å². The number of hydrogen-bond acceptors (Lipinski definition) is 1. The van der Waals surface area contributed by atoms with Crippen LogP contribution in [-0.4, -0.2) is 5.78 Å². The lowest BCUT2D eigenvalue weighted by atomic mass is 10.0. The van der Waals surface area contributed by atoms with Gasteiger partial charge in [-0.3, -0.25) is 4.79 Å². The van der Waals surface area contributed by atoms with E-state index in [4.69, 9.17) is 0 Å². The Morgan fingerprint density at radius 1 is 1.06 bits per heavy atom. The Hall–Kier alpha value is -1.63. The van der Waals surface area contributed by atoms with E-state index in [9.17, 15) is 4.79 Å². The van der Waals surface area contributed by atoms with Crippen LogP contribution in [0.3, 0.4) is 0 Å². The average molecular weight is 210 g/mol. The molecule has 0 aromatic heterocycles. The zero-order chi connectivity index (χ0) is 11.0. The summed E-state index contributed by atoms with van der Waals surface area (Å²) in [5.74, 6) is 0.779. The van der Waals surface area contributed by atoms with E-state index in [0.717, 1.165) is 18.4 Å². The Kier molecular flexibility index (Phi) is 2.24. The molecule has 0 radical (unpaired) electrons. The Balaban J connectivity index is 1.89. The maximum atomic E-state index is 11.7. The summed E-state index contributed by atoms with van der Waals surface area (Å²) in [4.78, 5) is 11.7. The van der Waals surface area contributed by atoms with Gasteiger partial charge in [-0.05, 0) is 29.2 Å². The second kappa shape index (κ2) is 3.75. The number of Topliss-reactive ketones (excluding diaryl/α,β-unsaturated/α-hetero) is 1. The maximum Gasteiger partial charge on any atom is 0.140 e. The molecule has 1 aliphatic carbocycles. The van der Waals surface area contributed by atoms with Crippen LogP contribution in [0.1, 0.15) is 18.4 Å². The van der Waals surface area contributed by atoms with Crippen molar-refractivity contribution in [1.82, 2.24) is 0 Å². The van der Waals surface area contributed by atoms with Crippen LogP contribution in [0.15, 0.2) is 42.5 Å². The molecule has 3 rings (SSSR count). The van der Waals surface area contributed by atoms with Crippen molar-refractivity contribution < 1.29 is 4.79 Å². The lowest BCUT2D eigenvalue weighted by molar-refractivity contribution is -0.119. The van der Waals surface area contributed by atoms with E-state index < -0.39 is 0 Å². The van der Waals surface area contributed by atoms with Crippen molar-refractivity contribution in [2.24, 2.45) is 5.92 Å². The van der Waals surface area contributed by atoms with Gasteiger partial charge in [-0.15, -0.1) is 0 Å². The van der Waals surface area contributed by atoms with E-state index in [1.54, 1.807) is 0 Å². The largest absolute Gasteiger partial charge is 0.299 e. The molecule has 0 heterocycles. The zero-order valence-electron chi connectivity index (χ0n) is 9.15. The quantitative estimate of drug-likeness (QED) is 0.759. The summed E-state index contributed by atoms with van der Waals surface area (Å²) in [5, 5.41) is 2.47. The fourth-order valence-electron chi connectivity index (χ4n) is 2.10. The summed E-state index contributed by atoms with van der Waals surface area (Å²) < 4.78 is 0. The molecule has 1 saturated carbocycles. The number of benzene rings is 2. The number of fused-ring (bicyclic) bond motifs is 1. The first kappa shape index (κ1) is 9.59. The zero-order valence-corrected chi connectivity index (χ0v) is 9.15. The van der Waals surface area contributed by atoms with E-state index in [0.29, 0.717) is 18.1 Å². The topological polar surface area (TPSA) is 17.1 Å². The van der Waals surface area contributed by atoms with Crippen molar-refractivity contribution in [1.29, 1.82) is 0 Å². The highest BCUT2D eigenvalue weighted by Crippen LogP contribution is 2.31. The molecule has 1 aliphatic rings. The van der Waals surface area contributed by atoms with Gasteiger partial charge in [-0.2, -0.15) is 0 Å². The second-order valence-electron chi connectivity index (χ2n) is 4.60. The highest BCUT2D eigenvalue weighted by molar-refractivity contribution is 5.88. The minimum Gasteiger partial charge on any atom is -0.299 e. The molecule has 0 N–H and O–H groups in total. The van der Waals surface area contributed by atoms with Gasteiger partial charge in [0, 0.05) is 12.3 Å². The summed E-state index contributed by atoms with van der Waals surface area (Å²) >= 11 is 0. The predicted molar refractivity (Wildman–Crippen MR) is 65.4 cm³/mol. The van der Waals surface area contributed by atoms with Crippen LogP contribution < -0.4 is 0 Å². The minimum atomic E-state index is 0.367. The van der Waals surface area contributed by atoms with Gasteiger partial charge in [0.05, 0.1) is 0 Å². The van der Waals surface area contributed by atoms with E-state index in [-0.39, 0.29) is 0 Å². The van der Waals surface area contributed by atoms with Crippen LogP contribution in [-0.2, 0) is 11.2 Å². The molecule has 80 valence electrons. The van der Waals surface area contributed by atoms with Gasteiger partial charge in [0.2, 0.25) is 0 Å². The van der Waals surface area contributed by atoms with E-state index in [2.05, 4.69) is 30.3 Å². The van der Waals surface area contributed by atoms with Gasteiger partial charge in [0.15, 0.2) is 0 Å². The van der Waals surface area contributed by atoms with Crippen molar-refractivity contribution in [2.45, 2.75) is 19.3 Å². The van der Waals surface area contributed by atoms with Gasteiger partial charge in [-0.1, -0.05) is 42.5 Å². The Bertz CT molecular complexity index is 538. The van der Waals surface area contributed by atoms with Gasteiger partial charge < -0.3 is 0 Å². The predicted octanol–water partition coefficient (Wildman–Crippen LogP) is 3.36. The number of carbonyl (C=O) groups is 1. The molecule has 1 nitrogen and oxygen atoms in total. The van der Waals surface area contributed by atoms with Crippen LogP contribution in [0.5, 0.6) is 0 Å². The molecule has 16 heavy (non-hydrogen) atoms. The summed E-state index contributed by atoms with van der Waals surface area (Å²) in [5.41, 5.74) is 1.15. The van der Waals surface area contributed by atoms with Crippen LogP contribution in [0.4, 0.5) is 0 Å². The number of hydrogen-bond donors (Lipinski definition) is 0. The molecule has 0 aliphatic heterocycles. The summed E-state index contributed by atoms with van der Waals surface area (Å²) in [7, 11) is 0. The fraction of sp³-hybridized carbons (Fsp3) is 0.267. The molecule has 0 atom stereocenters. The summed E-state index contributed by atoms with van der Waals surface area (Å²) in [6, 6.07) is 14.6. The lowest BCUT2D eigenvalue weighted by Gasteiger charge is -2.02. The molecule has 0 amide bonds. The molecule has 0 unspecified atom stereocenters. The monoisotopic (exact) mass is 210 g/mol. The van der Waals surface area contributed by atoms with Crippen molar-refractivity contribution in [3.05, 3.63) is 48.0 Å². The normalized spacial score (nSPS) is 15.2. The molecule has 0 spiro atoms. The van der Waals surface area contributed by atoms with E-state index >= 15 is 0 Å². The maximum absolute atomic E-state index is 11.7. The third-order valence-electron chi connectivity index (χ3n) is 3.22. The van der Waals surface area contributed by atoms with Crippen molar-refractivity contribution in [2.75, 3.05) is 0 Å². The lowest BCUT2D eigenvalue weighted by Crippen LogP contribution is -2.04. The summed E-state index contributed by atoms with van der Waals surface area (Å²) in [6.07, 6.45) is 2.81. The Morgan fingerprint density at radius 3 is 2.56 bits per heavy atom. The molecular formula is C15H14O. The van der Waals surface area contributed by atoms with Crippen molar-refractivity contribution in [3.63, 3.8) is 0 Å². The molecule has 0 bridgehead atoms. The number of rotatable bonds is 3. The Labute approximate surface area is 95.1 Å². The highest BCUT2D eigenvalue weighted by Gasteiger charge is 2.28. The molecular weight excluding hydrogens is 196 g/mol. The first-order chi connectivity index (χ1) is 7.83. The number of ketones is 1. The average Bonchev–Trinajstić information content (AvgIpc) is 3.12. The summed E-state index contributed by atoms with van der Waals surface area (Å²) in [6.45, 7) is 0. The van der Waals surface area contributed by atoms with Crippen LogP contribution in [0.25, 0.3) is 10.8 Å². The fourth-order valence-corrected chi connectivity index (χ4v) is 2.10. The van der Waals surface area contributed by atoms with Crippen molar-refractivity contribution in [3.8, 4) is 0 Å². The third-order valence-corrected chi connectivity index (χ3v) is 3.22. The van der Waals surface area contributed by atoms with Gasteiger partial charge in [-0.25, -0.2) is 0 Å². The van der Waals surface area contributed by atoms with E-state index in [1.807, 2.05) is 12.1 Å². The molecule has 0 saturated heterocycles. The second-order valence-corrected chi connectivity index (χ2v) is 4.60. The van der Waals surface area contributed by atoms with Gasteiger partial charge >= 0.3 is 0 Å². The van der Waals surface area contributed by atoms with Crippen molar-refractivity contribution >= 4 is 16.6 Å². The highest BCUT2D eigenvalue weighted by atomic mass is 16.1. The molecule has 2 aromatic rings. The minimum absolute atomic E-state index is 0.367. The Morgan fingerprint density at radius 2 is 1.81 bits per heavy atom. The van der Waals surface area contributed by atoms with Crippen LogP contribution in [0, 0.1) is 5.92 Å². The molecule has 2 aromatic carbocycles. The van der Waals surface area contributed by atoms with Gasteiger partial charge in [0.25, 0.3) is 0 Å². The first-order valence-corrected chi connectivity index (χ1v) is 5.83. The van der Waals surface area contributed by atoms with E-state index in [1.165, 1.54) is 10.8 Å². The standard InChI is InChI=1S/C15H14O/c16-15(13-7-8-13)10-11-5-6-12-3-1-2-4-14(12)9-11/h1-6,9,13H,7-8,10H2. The van der Waals surface area contributed by atoms with Crippen LogP contribution >= 0.6 is 0 Å². The smallest absolute Gasteiger partial charge is 0.140 e. The SMILES string of the molecule is O=C(Cc1ccc2ccccc2c1)C1CC1. The molecule has 1 heteroatoms. The molecule has 1 fully saturated rings.